The maximum Gasteiger partial charge on any atom is 0.274 e. The van der Waals surface area contributed by atoms with Gasteiger partial charge in [-0.15, -0.1) is 0 Å². The van der Waals surface area contributed by atoms with Gasteiger partial charge in [0.1, 0.15) is 0 Å². The highest BCUT2D eigenvalue weighted by Crippen LogP contribution is 2.12. The van der Waals surface area contributed by atoms with Crippen LogP contribution in [0.2, 0.25) is 0 Å². The molecule has 5 heteroatoms. The highest BCUT2D eigenvalue weighted by atomic mass is 127. The van der Waals surface area contributed by atoms with Gasteiger partial charge in [0.25, 0.3) is 5.56 Å². The number of hydrogen-bond donors (Lipinski definition) is 0. The Bertz CT molecular complexity index is 662. The Hall–Kier alpha value is -0.950. The maximum atomic E-state index is 12.5. The molecular weight excluding hydrogens is 377 g/mol. The lowest BCUT2D eigenvalue weighted by molar-refractivity contribution is -0.906. The van der Waals surface area contributed by atoms with E-state index in [0.29, 0.717) is 6.54 Å². The number of nitrogens with zero attached hydrogens (tertiary/aromatic N) is 3. The third-order valence-corrected chi connectivity index (χ3v) is 4.43. The van der Waals surface area contributed by atoms with Gasteiger partial charge in [0, 0.05) is 5.39 Å². The summed E-state index contributed by atoms with van der Waals surface area (Å²) in [5.74, 6) is 0. The Morgan fingerprint density at radius 1 is 1.14 bits per heavy atom. The monoisotopic (exact) mass is 401 g/mol. The van der Waals surface area contributed by atoms with Gasteiger partial charge in [-0.25, -0.2) is 4.68 Å². The molecule has 1 heterocycles. The first-order chi connectivity index (χ1) is 9.50. The number of rotatable bonds is 5. The van der Waals surface area contributed by atoms with Crippen molar-refractivity contribution in [3.63, 3.8) is 0 Å². The molecule has 0 bridgehead atoms. The van der Waals surface area contributed by atoms with Gasteiger partial charge in [-0.2, -0.15) is 5.10 Å². The summed E-state index contributed by atoms with van der Waals surface area (Å²) < 4.78 is 2.58. The lowest BCUT2D eigenvalue weighted by Crippen LogP contribution is -3.00. The lowest BCUT2D eigenvalue weighted by Gasteiger charge is -2.32. The van der Waals surface area contributed by atoms with Crippen molar-refractivity contribution >= 4 is 10.8 Å². The quantitative estimate of drug-likeness (QED) is 0.486. The van der Waals surface area contributed by atoms with E-state index in [1.165, 1.54) is 0 Å². The highest BCUT2D eigenvalue weighted by Gasteiger charge is 2.17. The minimum absolute atomic E-state index is 0. The van der Waals surface area contributed by atoms with E-state index in [1.807, 2.05) is 31.2 Å². The minimum Gasteiger partial charge on any atom is -1.00 e. The van der Waals surface area contributed by atoms with E-state index < -0.39 is 0 Å². The van der Waals surface area contributed by atoms with Crippen LogP contribution in [0.4, 0.5) is 0 Å². The zero-order chi connectivity index (χ0) is 14.8. The van der Waals surface area contributed by atoms with Crippen molar-refractivity contribution < 1.29 is 28.5 Å². The molecule has 0 saturated heterocycles. The van der Waals surface area contributed by atoms with E-state index in [9.17, 15) is 4.79 Å². The van der Waals surface area contributed by atoms with Crippen LogP contribution in [0.3, 0.4) is 0 Å². The molecule has 0 atom stereocenters. The van der Waals surface area contributed by atoms with Crippen molar-refractivity contribution in [1.29, 1.82) is 0 Å². The number of halogens is 1. The fourth-order valence-electron chi connectivity index (χ4n) is 2.43. The van der Waals surface area contributed by atoms with Crippen molar-refractivity contribution in [3.05, 3.63) is 40.3 Å². The van der Waals surface area contributed by atoms with Crippen LogP contribution in [0.5, 0.6) is 0 Å². The number of benzene rings is 1. The Balaban J connectivity index is 0.00000220. The van der Waals surface area contributed by atoms with Crippen LogP contribution in [-0.2, 0) is 6.54 Å². The summed E-state index contributed by atoms with van der Waals surface area (Å²) in [7, 11) is 2.22. The normalized spacial score (nSPS) is 11.4. The van der Waals surface area contributed by atoms with Crippen molar-refractivity contribution in [2.45, 2.75) is 27.3 Å². The first-order valence-electron chi connectivity index (χ1n) is 7.31. The summed E-state index contributed by atoms with van der Waals surface area (Å²) in [6.07, 6.45) is 0. The summed E-state index contributed by atoms with van der Waals surface area (Å²) in [6.45, 7) is 10.1. The fourth-order valence-corrected chi connectivity index (χ4v) is 2.43. The second-order valence-corrected chi connectivity index (χ2v) is 5.63. The number of fused-ring (bicyclic) bond motifs is 1. The number of aromatic nitrogens is 2. The number of quaternary nitrogens is 1. The SMILES string of the molecule is CC[N+](C)(CC)CCn1nc(C)c2ccccc2c1=O.[I-]. The van der Waals surface area contributed by atoms with E-state index in [-0.39, 0.29) is 29.5 Å². The molecule has 2 aromatic rings. The Labute approximate surface area is 143 Å². The Morgan fingerprint density at radius 3 is 2.29 bits per heavy atom. The number of likely N-dealkylation sites (N-methyl/N-ethyl adjacent to an activating group) is 1. The van der Waals surface area contributed by atoms with E-state index in [2.05, 4.69) is 26.0 Å². The molecule has 0 unspecified atom stereocenters. The van der Waals surface area contributed by atoms with Crippen LogP contribution >= 0.6 is 0 Å². The highest BCUT2D eigenvalue weighted by molar-refractivity contribution is 5.83. The van der Waals surface area contributed by atoms with Crippen molar-refractivity contribution in [2.24, 2.45) is 0 Å². The molecule has 0 amide bonds. The zero-order valence-corrected chi connectivity index (χ0v) is 15.4. The minimum atomic E-state index is 0. The Morgan fingerprint density at radius 2 is 1.71 bits per heavy atom. The molecule has 0 saturated carbocycles. The van der Waals surface area contributed by atoms with Gasteiger partial charge < -0.3 is 28.5 Å². The predicted octanol–water partition coefficient (Wildman–Crippen LogP) is -0.805. The van der Waals surface area contributed by atoms with Crippen molar-refractivity contribution in [2.75, 3.05) is 26.7 Å². The molecule has 0 fully saturated rings. The largest absolute Gasteiger partial charge is 1.00 e. The molecular formula is C16H24IN3O. The molecule has 0 aliphatic heterocycles. The van der Waals surface area contributed by atoms with Crippen LogP contribution in [0.1, 0.15) is 19.5 Å². The summed E-state index contributed by atoms with van der Waals surface area (Å²) in [5.41, 5.74) is 0.937. The first-order valence-corrected chi connectivity index (χ1v) is 7.31. The molecule has 0 aliphatic rings. The van der Waals surface area contributed by atoms with Gasteiger partial charge >= 0.3 is 0 Å². The molecule has 21 heavy (non-hydrogen) atoms. The standard InChI is InChI=1S/C16H24N3O.HI/c1-5-19(4,6-2)12-11-18-16(20)15-10-8-7-9-14(15)13(3)17-18;/h7-10H,5-6,11-12H2,1-4H3;1H/q+1;/p-1. The molecule has 116 valence electrons. The fraction of sp³-hybridized carbons (Fsp3) is 0.500. The predicted molar refractivity (Wildman–Crippen MR) is 82.9 cm³/mol. The zero-order valence-electron chi connectivity index (χ0n) is 13.3. The average Bonchev–Trinajstić information content (AvgIpc) is 2.49. The molecule has 0 radical (unpaired) electrons. The molecule has 1 aromatic heterocycles. The molecule has 4 nitrogen and oxygen atoms in total. The summed E-state index contributed by atoms with van der Waals surface area (Å²) >= 11 is 0. The maximum absolute atomic E-state index is 12.5. The van der Waals surface area contributed by atoms with Gasteiger partial charge in [0.15, 0.2) is 0 Å². The summed E-state index contributed by atoms with van der Waals surface area (Å²) in [4.78, 5) is 12.5. The van der Waals surface area contributed by atoms with Crippen LogP contribution in [-0.4, -0.2) is 40.9 Å². The average molecular weight is 401 g/mol. The van der Waals surface area contributed by atoms with E-state index in [4.69, 9.17) is 0 Å². The first kappa shape index (κ1) is 18.1. The molecule has 0 spiro atoms. The van der Waals surface area contributed by atoms with Gasteiger partial charge in [0.2, 0.25) is 0 Å². The second-order valence-electron chi connectivity index (χ2n) is 5.63. The van der Waals surface area contributed by atoms with Crippen molar-refractivity contribution in [3.8, 4) is 0 Å². The summed E-state index contributed by atoms with van der Waals surface area (Å²) in [6, 6.07) is 7.70. The molecule has 0 N–H and O–H groups in total. The van der Waals surface area contributed by atoms with Crippen LogP contribution < -0.4 is 29.5 Å². The topological polar surface area (TPSA) is 34.9 Å². The molecule has 1 aromatic carbocycles. The van der Waals surface area contributed by atoms with Crippen molar-refractivity contribution in [1.82, 2.24) is 9.78 Å². The smallest absolute Gasteiger partial charge is 0.274 e. The second kappa shape index (κ2) is 7.35. The van der Waals surface area contributed by atoms with E-state index in [1.54, 1.807) is 4.68 Å². The van der Waals surface area contributed by atoms with Crippen LogP contribution in [0.25, 0.3) is 10.8 Å². The van der Waals surface area contributed by atoms with Gasteiger partial charge in [-0.3, -0.25) is 4.79 Å². The van der Waals surface area contributed by atoms with Crippen LogP contribution in [0, 0.1) is 6.92 Å². The molecule has 0 aliphatic carbocycles. The van der Waals surface area contributed by atoms with E-state index in [0.717, 1.165) is 40.6 Å². The van der Waals surface area contributed by atoms with E-state index >= 15 is 0 Å². The Kier molecular flexibility index (Phi) is 6.34. The van der Waals surface area contributed by atoms with Gasteiger partial charge in [-0.05, 0) is 26.8 Å². The third-order valence-electron chi connectivity index (χ3n) is 4.43. The molecule has 2 rings (SSSR count). The summed E-state index contributed by atoms with van der Waals surface area (Å²) in [5, 5.41) is 6.19. The number of hydrogen-bond acceptors (Lipinski definition) is 2. The lowest BCUT2D eigenvalue weighted by atomic mass is 10.1. The van der Waals surface area contributed by atoms with Gasteiger partial charge in [0.05, 0.1) is 44.3 Å². The van der Waals surface area contributed by atoms with Gasteiger partial charge in [-0.1, -0.05) is 18.2 Å². The van der Waals surface area contributed by atoms with Crippen LogP contribution in [0.15, 0.2) is 29.1 Å². The third kappa shape index (κ3) is 3.83. The number of aryl methyl sites for hydroxylation is 1.